The van der Waals surface area contributed by atoms with Crippen LogP contribution in [0.2, 0.25) is 0 Å². The first kappa shape index (κ1) is 63.3. The molecular formula is C59H113NO5. The van der Waals surface area contributed by atoms with Gasteiger partial charge in [-0.1, -0.05) is 269 Å². The highest BCUT2D eigenvalue weighted by Gasteiger charge is 2.18. The Morgan fingerprint density at radius 1 is 0.415 bits per heavy atom. The number of allylic oxidation sites excluding steroid dienone is 3. The predicted octanol–water partition coefficient (Wildman–Crippen LogP) is 17.9. The molecule has 0 aromatic heterocycles. The van der Waals surface area contributed by atoms with E-state index in [1.54, 1.807) is 6.08 Å². The Bertz CT molecular complexity index is 1010. The van der Waals surface area contributed by atoms with Gasteiger partial charge in [0.25, 0.3) is 0 Å². The average Bonchev–Trinajstić information content (AvgIpc) is 3.31. The molecule has 0 saturated heterocycles. The van der Waals surface area contributed by atoms with Gasteiger partial charge in [-0.2, -0.15) is 0 Å². The summed E-state index contributed by atoms with van der Waals surface area (Å²) in [5.41, 5.74) is 0. The summed E-state index contributed by atoms with van der Waals surface area (Å²) < 4.78 is 5.47. The maximum Gasteiger partial charge on any atom is 0.305 e. The number of amides is 1. The fraction of sp³-hybridized carbons (Fsp3) is 0.898. The first-order valence-electron chi connectivity index (χ1n) is 29.1. The van der Waals surface area contributed by atoms with E-state index in [-0.39, 0.29) is 18.5 Å². The van der Waals surface area contributed by atoms with Crippen LogP contribution in [0.15, 0.2) is 24.3 Å². The Morgan fingerprint density at radius 3 is 1.09 bits per heavy atom. The molecule has 3 N–H and O–H groups in total. The van der Waals surface area contributed by atoms with Crippen LogP contribution in [0.25, 0.3) is 0 Å². The van der Waals surface area contributed by atoms with Gasteiger partial charge in [0.1, 0.15) is 0 Å². The van der Waals surface area contributed by atoms with Gasteiger partial charge in [0, 0.05) is 12.8 Å². The largest absolute Gasteiger partial charge is 0.466 e. The summed E-state index contributed by atoms with van der Waals surface area (Å²) in [6.45, 7) is 4.90. The Balaban J connectivity index is 3.42. The molecule has 65 heavy (non-hydrogen) atoms. The fourth-order valence-corrected chi connectivity index (χ4v) is 8.98. The highest BCUT2D eigenvalue weighted by Crippen LogP contribution is 2.17. The van der Waals surface area contributed by atoms with Crippen molar-refractivity contribution in [2.24, 2.45) is 0 Å². The first-order valence-corrected chi connectivity index (χ1v) is 29.1. The second kappa shape index (κ2) is 54.9. The minimum Gasteiger partial charge on any atom is -0.466 e. The smallest absolute Gasteiger partial charge is 0.305 e. The number of nitrogens with one attached hydrogen (secondary N) is 1. The molecule has 0 saturated carbocycles. The molecule has 0 fully saturated rings. The van der Waals surface area contributed by atoms with Crippen LogP contribution in [-0.2, 0) is 14.3 Å². The summed E-state index contributed by atoms with van der Waals surface area (Å²) in [5.74, 6) is -0.0623. The van der Waals surface area contributed by atoms with Crippen molar-refractivity contribution in [1.29, 1.82) is 0 Å². The van der Waals surface area contributed by atoms with Crippen molar-refractivity contribution in [3.63, 3.8) is 0 Å². The van der Waals surface area contributed by atoms with Gasteiger partial charge in [-0.3, -0.25) is 9.59 Å². The highest BCUT2D eigenvalue weighted by atomic mass is 16.5. The number of rotatable bonds is 54. The quantitative estimate of drug-likeness (QED) is 0.0321. The second-order valence-corrected chi connectivity index (χ2v) is 20.0. The molecule has 6 nitrogen and oxygen atoms in total. The van der Waals surface area contributed by atoms with Crippen molar-refractivity contribution >= 4 is 11.9 Å². The molecule has 384 valence electrons. The zero-order valence-corrected chi connectivity index (χ0v) is 43.7. The molecule has 0 radical (unpaired) electrons. The maximum absolute atomic E-state index is 12.4. The number of aliphatic hydroxyl groups is 2. The van der Waals surface area contributed by atoms with Crippen LogP contribution in [-0.4, -0.2) is 47.4 Å². The monoisotopic (exact) mass is 916 g/mol. The van der Waals surface area contributed by atoms with E-state index >= 15 is 0 Å². The van der Waals surface area contributed by atoms with Crippen LogP contribution >= 0.6 is 0 Å². The third-order valence-corrected chi connectivity index (χ3v) is 13.5. The molecule has 6 heteroatoms. The third kappa shape index (κ3) is 51.6. The summed E-state index contributed by atoms with van der Waals surface area (Å²) in [7, 11) is 0. The van der Waals surface area contributed by atoms with E-state index in [1.807, 2.05) is 6.08 Å². The first-order chi connectivity index (χ1) is 32.0. The van der Waals surface area contributed by atoms with Gasteiger partial charge in [0.15, 0.2) is 0 Å². The van der Waals surface area contributed by atoms with Gasteiger partial charge in [-0.15, -0.1) is 0 Å². The van der Waals surface area contributed by atoms with Crippen molar-refractivity contribution in [3.05, 3.63) is 24.3 Å². The highest BCUT2D eigenvalue weighted by molar-refractivity contribution is 5.76. The van der Waals surface area contributed by atoms with Crippen LogP contribution in [0.5, 0.6) is 0 Å². The normalized spacial score (nSPS) is 12.7. The van der Waals surface area contributed by atoms with Crippen molar-refractivity contribution < 1.29 is 24.5 Å². The van der Waals surface area contributed by atoms with Gasteiger partial charge in [0.05, 0.1) is 25.4 Å². The number of esters is 1. The van der Waals surface area contributed by atoms with E-state index in [4.69, 9.17) is 4.74 Å². The number of hydrogen-bond acceptors (Lipinski definition) is 5. The molecule has 2 unspecified atom stereocenters. The molecule has 0 bridgehead atoms. The summed E-state index contributed by atoms with van der Waals surface area (Å²) in [6, 6.07) is -0.631. The zero-order valence-electron chi connectivity index (χ0n) is 43.7. The van der Waals surface area contributed by atoms with Crippen LogP contribution in [0.3, 0.4) is 0 Å². The molecule has 0 heterocycles. The van der Waals surface area contributed by atoms with Gasteiger partial charge in [0.2, 0.25) is 5.91 Å². The van der Waals surface area contributed by atoms with E-state index in [0.29, 0.717) is 19.4 Å². The summed E-state index contributed by atoms with van der Waals surface area (Å²) in [6.07, 6.45) is 66.3. The molecule has 0 aliphatic rings. The fourth-order valence-electron chi connectivity index (χ4n) is 8.98. The lowest BCUT2D eigenvalue weighted by molar-refractivity contribution is -0.143. The van der Waals surface area contributed by atoms with Crippen LogP contribution in [0, 0.1) is 0 Å². The van der Waals surface area contributed by atoms with Crippen molar-refractivity contribution in [1.82, 2.24) is 5.32 Å². The lowest BCUT2D eigenvalue weighted by Gasteiger charge is -2.20. The number of ether oxygens (including phenoxy) is 1. The number of hydrogen-bond donors (Lipinski definition) is 3. The number of carbonyl (C=O) groups is 2. The molecular weight excluding hydrogens is 803 g/mol. The minimum atomic E-state index is -0.847. The van der Waals surface area contributed by atoms with Gasteiger partial charge in [-0.25, -0.2) is 0 Å². The van der Waals surface area contributed by atoms with E-state index < -0.39 is 12.1 Å². The third-order valence-electron chi connectivity index (χ3n) is 13.5. The molecule has 0 aromatic carbocycles. The van der Waals surface area contributed by atoms with Crippen LogP contribution in [0.1, 0.15) is 316 Å². The zero-order chi connectivity index (χ0) is 47.2. The SMILES string of the molecule is CCCCCCCCCCCCC/C=C/C(O)C(CO)NC(=O)CCCCCCCCC/C=C\CCCCCCCCCCCCCCOC(=O)CCCCCCCCCCCCCC. The lowest BCUT2D eigenvalue weighted by Crippen LogP contribution is -2.45. The molecule has 0 aliphatic carbocycles. The van der Waals surface area contributed by atoms with E-state index in [9.17, 15) is 19.8 Å². The summed E-state index contributed by atoms with van der Waals surface area (Å²) in [4.78, 5) is 24.4. The van der Waals surface area contributed by atoms with Crippen molar-refractivity contribution in [2.75, 3.05) is 13.2 Å². The van der Waals surface area contributed by atoms with E-state index in [2.05, 4.69) is 31.3 Å². The van der Waals surface area contributed by atoms with Crippen molar-refractivity contribution in [2.45, 2.75) is 328 Å². The average molecular weight is 917 g/mol. The molecule has 0 spiro atoms. The van der Waals surface area contributed by atoms with E-state index in [1.165, 1.54) is 244 Å². The Labute approximate surface area is 405 Å². The number of carbonyl (C=O) groups excluding carboxylic acids is 2. The molecule has 0 rings (SSSR count). The summed E-state index contributed by atoms with van der Waals surface area (Å²) in [5, 5.41) is 23.1. The van der Waals surface area contributed by atoms with Crippen LogP contribution < -0.4 is 5.32 Å². The molecule has 2 atom stereocenters. The van der Waals surface area contributed by atoms with Gasteiger partial charge < -0.3 is 20.3 Å². The van der Waals surface area contributed by atoms with Gasteiger partial charge in [-0.05, 0) is 57.8 Å². The van der Waals surface area contributed by atoms with Crippen molar-refractivity contribution in [3.8, 4) is 0 Å². The maximum atomic E-state index is 12.4. The van der Waals surface area contributed by atoms with Gasteiger partial charge >= 0.3 is 5.97 Å². The lowest BCUT2D eigenvalue weighted by atomic mass is 10.0. The topological polar surface area (TPSA) is 95.9 Å². The number of aliphatic hydroxyl groups excluding tert-OH is 2. The number of unbranched alkanes of at least 4 members (excludes halogenated alkanes) is 41. The minimum absolute atomic E-state index is 0.0116. The molecule has 0 aromatic rings. The standard InChI is InChI=1S/C59H113NO5/c1-3-5-7-9-11-13-15-28-31-35-39-43-47-51-57(62)56(55-61)60-58(63)52-48-44-40-36-32-29-26-24-22-20-18-17-19-21-23-25-27-30-34-38-42-46-50-54-65-59(64)53-49-45-41-37-33-16-14-12-10-8-6-4-2/h20,22,47,51,56-57,61-62H,3-19,21,23-46,48-50,52-55H2,1-2H3,(H,60,63)/b22-20-,51-47+. The molecule has 0 aliphatic heterocycles. The Hall–Kier alpha value is -1.66. The Kier molecular flexibility index (Phi) is 53.5. The van der Waals surface area contributed by atoms with E-state index in [0.717, 1.165) is 44.9 Å². The summed E-state index contributed by atoms with van der Waals surface area (Å²) >= 11 is 0. The van der Waals surface area contributed by atoms with Crippen LogP contribution in [0.4, 0.5) is 0 Å². The predicted molar refractivity (Wildman–Crippen MR) is 283 cm³/mol. The second-order valence-electron chi connectivity index (χ2n) is 20.0. The Morgan fingerprint density at radius 2 is 0.723 bits per heavy atom. The molecule has 1 amide bonds.